The van der Waals surface area contributed by atoms with Crippen molar-refractivity contribution in [1.82, 2.24) is 10.2 Å². The highest BCUT2D eigenvalue weighted by Crippen LogP contribution is 2.41. The summed E-state index contributed by atoms with van der Waals surface area (Å²) < 4.78 is 5.48. The monoisotopic (exact) mass is 442 g/mol. The van der Waals surface area contributed by atoms with E-state index in [0.29, 0.717) is 24.6 Å². The number of piperidine rings is 1. The van der Waals surface area contributed by atoms with Gasteiger partial charge in [-0.1, -0.05) is 54.6 Å². The van der Waals surface area contributed by atoms with E-state index < -0.39 is 0 Å². The van der Waals surface area contributed by atoms with Crippen molar-refractivity contribution in [2.75, 3.05) is 20.2 Å². The van der Waals surface area contributed by atoms with Crippen LogP contribution in [-0.2, 0) is 4.79 Å². The molecular weight excluding hydrogens is 412 g/mol. The van der Waals surface area contributed by atoms with Gasteiger partial charge in [-0.15, -0.1) is 0 Å². The van der Waals surface area contributed by atoms with E-state index in [-0.39, 0.29) is 23.8 Å². The van der Waals surface area contributed by atoms with Crippen molar-refractivity contribution in [3.63, 3.8) is 0 Å². The first-order chi connectivity index (χ1) is 16.2. The van der Waals surface area contributed by atoms with Gasteiger partial charge in [0.25, 0.3) is 5.91 Å². The molecule has 1 saturated heterocycles. The van der Waals surface area contributed by atoms with Gasteiger partial charge in [-0.2, -0.15) is 0 Å². The Labute approximate surface area is 194 Å². The summed E-state index contributed by atoms with van der Waals surface area (Å²) in [4.78, 5) is 28.6. The first-order valence-electron chi connectivity index (χ1n) is 11.9. The topological polar surface area (TPSA) is 58.6 Å². The third-order valence-electron chi connectivity index (χ3n) is 6.96. The lowest BCUT2D eigenvalue weighted by Crippen LogP contribution is -2.46. The van der Waals surface area contributed by atoms with E-state index in [2.05, 4.69) is 17.4 Å². The van der Waals surface area contributed by atoms with Crippen molar-refractivity contribution in [1.29, 1.82) is 0 Å². The number of carbonyl (C=O) groups excluding carboxylic acids is 2. The van der Waals surface area contributed by atoms with Gasteiger partial charge in [0.15, 0.2) is 0 Å². The van der Waals surface area contributed by atoms with Gasteiger partial charge in [0, 0.05) is 24.0 Å². The molecule has 2 aliphatic rings. The number of fused-ring (bicyclic) bond motifs is 1. The maximum atomic E-state index is 13.5. The second-order valence-electron chi connectivity index (χ2n) is 9.19. The molecule has 0 radical (unpaired) electrons. The Balaban J connectivity index is 1.32. The quantitative estimate of drug-likeness (QED) is 0.587. The lowest BCUT2D eigenvalue weighted by molar-refractivity contribution is -0.127. The van der Waals surface area contributed by atoms with Crippen LogP contribution in [-0.4, -0.2) is 36.9 Å². The third-order valence-corrected chi connectivity index (χ3v) is 6.96. The molecular formula is C28H30N2O3. The Morgan fingerprint density at radius 1 is 0.939 bits per heavy atom. The average Bonchev–Trinajstić information content (AvgIpc) is 3.72. The minimum absolute atomic E-state index is 0.0202. The fourth-order valence-electron chi connectivity index (χ4n) is 5.02. The van der Waals surface area contributed by atoms with E-state index in [1.807, 2.05) is 59.5 Å². The molecule has 33 heavy (non-hydrogen) atoms. The number of methoxy groups -OCH3 is 1. The number of carbonyl (C=O) groups is 2. The molecule has 0 bridgehead atoms. The van der Waals surface area contributed by atoms with Crippen molar-refractivity contribution >= 4 is 22.6 Å². The summed E-state index contributed by atoms with van der Waals surface area (Å²) in [5.74, 6) is 1.13. The number of nitrogens with zero attached hydrogens (tertiary/aromatic N) is 1. The maximum Gasteiger partial charge on any atom is 0.254 e. The molecule has 1 N–H and O–H groups in total. The highest BCUT2D eigenvalue weighted by atomic mass is 16.5. The standard InChI is InChI=1S/C28H30N2O3/c1-33-25-16-15-24(22-11-5-6-12-23(22)25)28(32)30-17-7-10-21(18-30)27(31)29-26(20-13-14-20)19-8-3-2-4-9-19/h2-6,8-9,11-12,15-16,20-21,26H,7,10,13-14,17-18H2,1H3,(H,29,31). The normalized spacial score (nSPS) is 19.2. The fourth-order valence-corrected chi connectivity index (χ4v) is 5.02. The van der Waals surface area contributed by atoms with Gasteiger partial charge in [0.05, 0.1) is 19.1 Å². The Kier molecular flexibility index (Phi) is 6.03. The molecule has 5 rings (SSSR count). The lowest BCUT2D eigenvalue weighted by Gasteiger charge is -2.33. The first-order valence-corrected chi connectivity index (χ1v) is 11.9. The second-order valence-corrected chi connectivity index (χ2v) is 9.19. The zero-order valence-corrected chi connectivity index (χ0v) is 19.0. The number of hydrogen-bond acceptors (Lipinski definition) is 3. The zero-order chi connectivity index (χ0) is 22.8. The molecule has 5 nitrogen and oxygen atoms in total. The van der Waals surface area contributed by atoms with Gasteiger partial charge in [0.1, 0.15) is 5.75 Å². The highest BCUT2D eigenvalue weighted by molar-refractivity contribution is 6.08. The summed E-state index contributed by atoms with van der Waals surface area (Å²) in [6.07, 6.45) is 3.95. The van der Waals surface area contributed by atoms with Gasteiger partial charge >= 0.3 is 0 Å². The number of rotatable bonds is 6. The molecule has 1 aliphatic heterocycles. The Hall–Kier alpha value is -3.34. The first kappa shape index (κ1) is 21.5. The van der Waals surface area contributed by atoms with Crippen LogP contribution in [0.4, 0.5) is 0 Å². The molecule has 3 aromatic carbocycles. The Bertz CT molecular complexity index is 1160. The van der Waals surface area contributed by atoms with Gasteiger partial charge in [0.2, 0.25) is 5.91 Å². The summed E-state index contributed by atoms with van der Waals surface area (Å²) in [6, 6.07) is 21.8. The number of ether oxygens (including phenoxy) is 1. The second kappa shape index (κ2) is 9.26. The fraction of sp³-hybridized carbons (Fsp3) is 0.357. The summed E-state index contributed by atoms with van der Waals surface area (Å²) in [7, 11) is 1.64. The van der Waals surface area contributed by atoms with Crippen molar-refractivity contribution in [2.24, 2.45) is 11.8 Å². The molecule has 0 aromatic heterocycles. The molecule has 170 valence electrons. The van der Waals surface area contributed by atoms with Crippen LogP contribution in [0.25, 0.3) is 10.8 Å². The number of nitrogens with one attached hydrogen (secondary N) is 1. The predicted octanol–water partition coefficient (Wildman–Crippen LogP) is 4.97. The minimum atomic E-state index is -0.183. The van der Waals surface area contributed by atoms with Crippen LogP contribution >= 0.6 is 0 Å². The average molecular weight is 443 g/mol. The summed E-state index contributed by atoms with van der Waals surface area (Å²) in [5.41, 5.74) is 1.83. The number of hydrogen-bond donors (Lipinski definition) is 1. The van der Waals surface area contributed by atoms with Crippen LogP contribution in [0.5, 0.6) is 5.75 Å². The molecule has 1 heterocycles. The van der Waals surface area contributed by atoms with Crippen LogP contribution in [0, 0.1) is 11.8 Å². The SMILES string of the molecule is COc1ccc(C(=O)N2CCCC(C(=O)NC(c3ccccc3)C3CC3)C2)c2ccccc12. The number of benzene rings is 3. The summed E-state index contributed by atoms with van der Waals surface area (Å²) >= 11 is 0. The highest BCUT2D eigenvalue weighted by Gasteiger charge is 2.36. The van der Waals surface area contributed by atoms with Gasteiger partial charge in [-0.25, -0.2) is 0 Å². The smallest absolute Gasteiger partial charge is 0.254 e. The van der Waals surface area contributed by atoms with Crippen LogP contribution in [0.2, 0.25) is 0 Å². The molecule has 2 unspecified atom stereocenters. The van der Waals surface area contributed by atoms with Gasteiger partial charge in [-0.05, 0) is 54.7 Å². The van der Waals surface area contributed by atoms with Crippen molar-refractivity contribution in [3.05, 3.63) is 77.9 Å². The van der Waals surface area contributed by atoms with E-state index in [1.165, 1.54) is 5.56 Å². The van der Waals surface area contributed by atoms with Gasteiger partial charge < -0.3 is 15.0 Å². The van der Waals surface area contributed by atoms with Crippen molar-refractivity contribution in [3.8, 4) is 5.75 Å². The number of amides is 2. The Morgan fingerprint density at radius 2 is 1.67 bits per heavy atom. The largest absolute Gasteiger partial charge is 0.496 e. The summed E-state index contributed by atoms with van der Waals surface area (Å²) in [5, 5.41) is 5.12. The van der Waals surface area contributed by atoms with Crippen LogP contribution in [0.1, 0.15) is 47.6 Å². The Morgan fingerprint density at radius 3 is 2.39 bits per heavy atom. The maximum absolute atomic E-state index is 13.5. The van der Waals surface area contributed by atoms with Crippen molar-refractivity contribution < 1.29 is 14.3 Å². The molecule has 0 spiro atoms. The van der Waals surface area contributed by atoms with Crippen LogP contribution in [0.3, 0.4) is 0 Å². The molecule has 1 aliphatic carbocycles. The molecule has 5 heteroatoms. The van der Waals surface area contributed by atoms with E-state index in [9.17, 15) is 9.59 Å². The number of likely N-dealkylation sites (tertiary alicyclic amines) is 1. The van der Waals surface area contributed by atoms with Crippen LogP contribution < -0.4 is 10.1 Å². The minimum Gasteiger partial charge on any atom is -0.496 e. The predicted molar refractivity (Wildman–Crippen MR) is 129 cm³/mol. The van der Waals surface area contributed by atoms with E-state index in [0.717, 1.165) is 42.2 Å². The van der Waals surface area contributed by atoms with E-state index >= 15 is 0 Å². The molecule has 2 amide bonds. The van der Waals surface area contributed by atoms with Crippen LogP contribution in [0.15, 0.2) is 66.7 Å². The third kappa shape index (κ3) is 4.45. The lowest BCUT2D eigenvalue weighted by atomic mass is 9.94. The molecule has 2 atom stereocenters. The molecule has 3 aromatic rings. The van der Waals surface area contributed by atoms with Crippen molar-refractivity contribution in [2.45, 2.75) is 31.7 Å². The van der Waals surface area contributed by atoms with E-state index in [4.69, 9.17) is 4.74 Å². The molecule has 1 saturated carbocycles. The molecule has 2 fully saturated rings. The summed E-state index contributed by atoms with van der Waals surface area (Å²) in [6.45, 7) is 1.13. The van der Waals surface area contributed by atoms with Gasteiger partial charge in [-0.3, -0.25) is 9.59 Å². The van der Waals surface area contributed by atoms with E-state index in [1.54, 1.807) is 7.11 Å². The zero-order valence-electron chi connectivity index (χ0n) is 19.0.